The van der Waals surface area contributed by atoms with Crippen LogP contribution in [0.15, 0.2) is 18.2 Å². The van der Waals surface area contributed by atoms with Gasteiger partial charge in [-0.15, -0.1) is 0 Å². The minimum absolute atomic E-state index is 0.0286. The molecule has 0 aliphatic carbocycles. The number of hydrogen-bond acceptors (Lipinski definition) is 2. The molecule has 0 bridgehead atoms. The zero-order chi connectivity index (χ0) is 12.3. The summed E-state index contributed by atoms with van der Waals surface area (Å²) < 4.78 is 37.3. The predicted molar refractivity (Wildman–Crippen MR) is 53.9 cm³/mol. The van der Waals surface area contributed by atoms with Crippen LogP contribution in [0.2, 0.25) is 0 Å². The molecule has 0 atom stereocenters. The molecule has 0 aliphatic rings. The van der Waals surface area contributed by atoms with Crippen molar-refractivity contribution in [3.8, 4) is 0 Å². The summed E-state index contributed by atoms with van der Waals surface area (Å²) >= 11 is 0. The van der Waals surface area contributed by atoms with Gasteiger partial charge >= 0.3 is 12.2 Å². The first-order chi connectivity index (χ1) is 7.34. The van der Waals surface area contributed by atoms with Gasteiger partial charge in [0, 0.05) is 18.4 Å². The highest BCUT2D eigenvalue weighted by Gasteiger charge is 2.33. The molecule has 88 valence electrons. The van der Waals surface area contributed by atoms with E-state index >= 15 is 0 Å². The minimum Gasteiger partial charge on any atom is -0.398 e. The van der Waals surface area contributed by atoms with Gasteiger partial charge in [-0.3, -0.25) is 0 Å². The number of nitrogen functional groups attached to an aromatic ring is 1. The van der Waals surface area contributed by atoms with E-state index in [0.717, 1.165) is 12.1 Å². The van der Waals surface area contributed by atoms with Gasteiger partial charge < -0.3 is 16.4 Å². The van der Waals surface area contributed by atoms with E-state index in [-0.39, 0.29) is 11.4 Å². The first kappa shape index (κ1) is 12.2. The number of alkyl halides is 3. The molecule has 16 heavy (non-hydrogen) atoms. The molecule has 1 aromatic carbocycles. The number of anilines is 2. The van der Waals surface area contributed by atoms with Crippen molar-refractivity contribution in [1.82, 2.24) is 5.32 Å². The van der Waals surface area contributed by atoms with E-state index in [4.69, 9.17) is 5.73 Å². The van der Waals surface area contributed by atoms with Gasteiger partial charge in [-0.2, -0.15) is 13.2 Å². The lowest BCUT2D eigenvalue weighted by atomic mass is 10.1. The fourth-order valence-electron chi connectivity index (χ4n) is 1.07. The largest absolute Gasteiger partial charge is 0.418 e. The minimum atomic E-state index is -4.54. The van der Waals surface area contributed by atoms with Gasteiger partial charge in [-0.1, -0.05) is 0 Å². The Morgan fingerprint density at radius 2 is 2.00 bits per heavy atom. The number of benzene rings is 1. The molecule has 0 fully saturated rings. The predicted octanol–water partition coefficient (Wildman–Crippen LogP) is 2.04. The van der Waals surface area contributed by atoms with E-state index in [0.29, 0.717) is 0 Å². The molecule has 0 saturated heterocycles. The molecule has 0 unspecified atom stereocenters. The van der Waals surface area contributed by atoms with Crippen molar-refractivity contribution in [3.63, 3.8) is 0 Å². The highest BCUT2D eigenvalue weighted by atomic mass is 19.4. The van der Waals surface area contributed by atoms with Gasteiger partial charge in [0.1, 0.15) is 0 Å². The van der Waals surface area contributed by atoms with Crippen LogP contribution in [0.4, 0.5) is 29.3 Å². The fourth-order valence-corrected chi connectivity index (χ4v) is 1.07. The molecule has 0 heterocycles. The molecule has 4 nitrogen and oxygen atoms in total. The summed E-state index contributed by atoms with van der Waals surface area (Å²) in [6.07, 6.45) is -4.54. The van der Waals surface area contributed by atoms with Crippen molar-refractivity contribution in [2.24, 2.45) is 0 Å². The Labute approximate surface area is 89.6 Å². The van der Waals surface area contributed by atoms with Gasteiger partial charge in [0.15, 0.2) is 0 Å². The van der Waals surface area contributed by atoms with Gasteiger partial charge in [0.2, 0.25) is 0 Å². The van der Waals surface area contributed by atoms with Crippen LogP contribution >= 0.6 is 0 Å². The fraction of sp³-hybridized carbons (Fsp3) is 0.222. The number of carbonyl (C=O) groups excluding carboxylic acids is 1. The number of hydrogen-bond donors (Lipinski definition) is 3. The third-order valence-corrected chi connectivity index (χ3v) is 1.84. The van der Waals surface area contributed by atoms with Crippen LogP contribution in [0.3, 0.4) is 0 Å². The van der Waals surface area contributed by atoms with Crippen molar-refractivity contribution in [2.45, 2.75) is 6.18 Å². The molecule has 4 N–H and O–H groups in total. The van der Waals surface area contributed by atoms with Gasteiger partial charge in [0.25, 0.3) is 0 Å². The number of rotatable bonds is 1. The second-order valence-corrected chi connectivity index (χ2v) is 3.00. The molecule has 7 heteroatoms. The van der Waals surface area contributed by atoms with Crippen LogP contribution in [-0.2, 0) is 6.18 Å². The van der Waals surface area contributed by atoms with Crippen LogP contribution < -0.4 is 16.4 Å². The zero-order valence-electron chi connectivity index (χ0n) is 8.35. The summed E-state index contributed by atoms with van der Waals surface area (Å²) in [6, 6.07) is 2.57. The Kier molecular flexibility index (Phi) is 3.26. The second kappa shape index (κ2) is 4.30. The maximum atomic E-state index is 12.4. The molecule has 0 aliphatic heterocycles. The summed E-state index contributed by atoms with van der Waals surface area (Å²) in [5.41, 5.74) is 3.87. The van der Waals surface area contributed by atoms with Crippen molar-refractivity contribution in [1.29, 1.82) is 0 Å². The Bertz CT molecular complexity index is 403. The van der Waals surface area contributed by atoms with Crippen LogP contribution in [0.1, 0.15) is 5.56 Å². The standard InChI is InChI=1S/C9H10F3N3O/c1-14-8(16)15-5-2-3-7(13)6(4-5)9(10,11)12/h2-4H,13H2,1H3,(H2,14,15,16). The smallest absolute Gasteiger partial charge is 0.398 e. The highest BCUT2D eigenvalue weighted by Crippen LogP contribution is 2.34. The average molecular weight is 233 g/mol. The Morgan fingerprint density at radius 1 is 1.38 bits per heavy atom. The summed E-state index contributed by atoms with van der Waals surface area (Å²) in [7, 11) is 1.36. The molecule has 0 saturated carbocycles. The topological polar surface area (TPSA) is 67.2 Å². The molecular formula is C9H10F3N3O. The van der Waals surface area contributed by atoms with E-state index in [1.807, 2.05) is 0 Å². The zero-order valence-corrected chi connectivity index (χ0v) is 8.35. The van der Waals surface area contributed by atoms with Crippen LogP contribution in [0.5, 0.6) is 0 Å². The van der Waals surface area contributed by atoms with E-state index in [1.54, 1.807) is 0 Å². The third kappa shape index (κ3) is 2.78. The van der Waals surface area contributed by atoms with Crippen LogP contribution in [0.25, 0.3) is 0 Å². The number of amides is 2. The highest BCUT2D eigenvalue weighted by molar-refractivity contribution is 5.89. The van der Waals surface area contributed by atoms with Crippen LogP contribution in [0, 0.1) is 0 Å². The van der Waals surface area contributed by atoms with Crippen molar-refractivity contribution in [2.75, 3.05) is 18.1 Å². The number of halogens is 3. The Hall–Kier alpha value is -1.92. The number of carbonyl (C=O) groups is 1. The first-order valence-electron chi connectivity index (χ1n) is 4.30. The monoisotopic (exact) mass is 233 g/mol. The lowest BCUT2D eigenvalue weighted by Gasteiger charge is -2.12. The second-order valence-electron chi connectivity index (χ2n) is 3.00. The van der Waals surface area contributed by atoms with Gasteiger partial charge in [0.05, 0.1) is 5.56 Å². The van der Waals surface area contributed by atoms with E-state index in [1.165, 1.54) is 13.1 Å². The average Bonchev–Trinajstić information content (AvgIpc) is 2.19. The van der Waals surface area contributed by atoms with E-state index < -0.39 is 17.8 Å². The number of nitrogens with one attached hydrogen (secondary N) is 2. The lowest BCUT2D eigenvalue weighted by Crippen LogP contribution is -2.24. The summed E-state index contributed by atoms with van der Waals surface area (Å²) in [5, 5.41) is 4.45. The lowest BCUT2D eigenvalue weighted by molar-refractivity contribution is -0.136. The first-order valence-corrected chi connectivity index (χ1v) is 4.30. The summed E-state index contributed by atoms with van der Waals surface area (Å²) in [6.45, 7) is 0. The van der Waals surface area contributed by atoms with Crippen molar-refractivity contribution in [3.05, 3.63) is 23.8 Å². The molecule has 1 rings (SSSR count). The van der Waals surface area contributed by atoms with E-state index in [9.17, 15) is 18.0 Å². The SMILES string of the molecule is CNC(=O)Nc1ccc(N)c(C(F)(F)F)c1. The van der Waals surface area contributed by atoms with Crippen LogP contribution in [-0.4, -0.2) is 13.1 Å². The van der Waals surface area contributed by atoms with Crippen molar-refractivity contribution < 1.29 is 18.0 Å². The summed E-state index contributed by atoms with van der Waals surface area (Å²) in [5.74, 6) is 0. The molecule has 0 aromatic heterocycles. The summed E-state index contributed by atoms with van der Waals surface area (Å²) in [4.78, 5) is 10.9. The molecule has 2 amide bonds. The Balaban J connectivity index is 3.03. The molecule has 0 radical (unpaired) electrons. The molecular weight excluding hydrogens is 223 g/mol. The third-order valence-electron chi connectivity index (χ3n) is 1.84. The molecule has 1 aromatic rings. The maximum Gasteiger partial charge on any atom is 0.418 e. The molecule has 0 spiro atoms. The van der Waals surface area contributed by atoms with Gasteiger partial charge in [-0.25, -0.2) is 4.79 Å². The number of urea groups is 1. The van der Waals surface area contributed by atoms with E-state index in [2.05, 4.69) is 10.6 Å². The Morgan fingerprint density at radius 3 is 2.50 bits per heavy atom. The normalized spacial score (nSPS) is 11.0. The van der Waals surface area contributed by atoms with Crippen molar-refractivity contribution >= 4 is 17.4 Å². The van der Waals surface area contributed by atoms with Gasteiger partial charge in [-0.05, 0) is 18.2 Å². The number of nitrogens with two attached hydrogens (primary N) is 1. The quantitative estimate of drug-likeness (QED) is 0.650. The maximum absolute atomic E-state index is 12.4.